The Kier molecular flexibility index (Phi) is 6.50. The van der Waals surface area contributed by atoms with E-state index >= 15 is 0 Å². The van der Waals surface area contributed by atoms with Gasteiger partial charge in [-0.2, -0.15) is 0 Å². The average molecular weight is 351 g/mol. The van der Waals surface area contributed by atoms with Crippen molar-refractivity contribution in [1.82, 2.24) is 0 Å². The Bertz CT molecular complexity index is 696. The molecule has 0 unspecified atom stereocenters. The molecule has 0 N–H and O–H groups in total. The summed E-state index contributed by atoms with van der Waals surface area (Å²) in [6.45, 7) is 13.9. The zero-order valence-corrected chi connectivity index (χ0v) is 17.3. The van der Waals surface area contributed by atoms with Gasteiger partial charge in [0.05, 0.1) is 0 Å². The van der Waals surface area contributed by atoms with Crippen LogP contribution in [-0.2, 0) is 0 Å². The van der Waals surface area contributed by atoms with Gasteiger partial charge in [0.15, 0.2) is 8.07 Å². The largest absolute Gasteiger partial charge is 0.408 e. The van der Waals surface area contributed by atoms with E-state index in [0.29, 0.717) is 16.6 Å². The van der Waals surface area contributed by atoms with Crippen LogP contribution in [0.5, 0.6) is 5.75 Å². The molecule has 0 saturated heterocycles. The Hall–Kier alpha value is -1.98. The standard InChI is InChI=1S/C23H30OSi/c1-18(2)25(19(3)4,20(5)6)17-16-24-23-14-12-22(13-15-23)21-10-8-7-9-11-21/h7-15,18-20H,1-6H3. The summed E-state index contributed by atoms with van der Waals surface area (Å²) in [5.74, 6) is 0.811. The molecule has 0 atom stereocenters. The smallest absolute Gasteiger partial charge is 0.150 e. The molecule has 132 valence electrons. The summed E-state index contributed by atoms with van der Waals surface area (Å²) in [4.78, 5) is 0. The lowest BCUT2D eigenvalue weighted by molar-refractivity contribution is 0.520. The molecular formula is C23H30OSi. The number of hydrogen-bond donors (Lipinski definition) is 0. The van der Waals surface area contributed by atoms with Gasteiger partial charge in [-0.3, -0.25) is 0 Å². The number of benzene rings is 2. The van der Waals surface area contributed by atoms with Crippen LogP contribution < -0.4 is 4.74 Å². The Labute approximate surface area is 154 Å². The molecule has 1 nitrogen and oxygen atoms in total. The van der Waals surface area contributed by atoms with Gasteiger partial charge in [0.2, 0.25) is 0 Å². The Morgan fingerprint density at radius 1 is 0.680 bits per heavy atom. The minimum atomic E-state index is -1.73. The fraction of sp³-hybridized carbons (Fsp3) is 0.391. The molecule has 0 aromatic heterocycles. The molecule has 0 bridgehead atoms. The van der Waals surface area contributed by atoms with Gasteiger partial charge in [-0.05, 0) is 39.9 Å². The van der Waals surface area contributed by atoms with Crippen LogP contribution in [0.1, 0.15) is 41.5 Å². The summed E-state index contributed by atoms with van der Waals surface area (Å²) >= 11 is 0. The summed E-state index contributed by atoms with van der Waals surface area (Å²) < 4.78 is 5.78. The fourth-order valence-corrected chi connectivity index (χ4v) is 9.05. The summed E-state index contributed by atoms with van der Waals surface area (Å²) in [6.07, 6.45) is 3.06. The molecule has 0 fully saturated rings. The zero-order valence-electron chi connectivity index (χ0n) is 16.3. The first kappa shape index (κ1) is 19.3. The lowest BCUT2D eigenvalue weighted by atomic mass is 10.1. The fourth-order valence-electron chi connectivity index (χ4n) is 3.95. The second kappa shape index (κ2) is 8.40. The van der Waals surface area contributed by atoms with Gasteiger partial charge in [-0.1, -0.05) is 89.6 Å². The van der Waals surface area contributed by atoms with Crippen LogP contribution in [0.3, 0.4) is 0 Å². The van der Waals surface area contributed by atoms with Crippen molar-refractivity contribution < 1.29 is 4.74 Å². The summed E-state index contributed by atoms with van der Waals surface area (Å²) in [7, 11) is -1.73. The van der Waals surface area contributed by atoms with Crippen LogP contribution in [0.4, 0.5) is 0 Å². The number of ether oxygens (including phenoxy) is 1. The third-order valence-electron chi connectivity index (χ3n) is 5.26. The third-order valence-corrected chi connectivity index (χ3v) is 11.5. The molecule has 0 heterocycles. The summed E-state index contributed by atoms with van der Waals surface area (Å²) in [6, 6.07) is 18.5. The van der Waals surface area contributed by atoms with Gasteiger partial charge in [0.25, 0.3) is 0 Å². The Morgan fingerprint density at radius 3 is 1.64 bits per heavy atom. The van der Waals surface area contributed by atoms with Gasteiger partial charge < -0.3 is 4.74 Å². The van der Waals surface area contributed by atoms with Crippen molar-refractivity contribution in [2.24, 2.45) is 0 Å². The molecule has 2 heteroatoms. The third kappa shape index (κ3) is 4.35. The van der Waals surface area contributed by atoms with Gasteiger partial charge in [-0.25, -0.2) is 0 Å². The van der Waals surface area contributed by atoms with Crippen molar-refractivity contribution in [3.63, 3.8) is 0 Å². The molecule has 0 radical (unpaired) electrons. The van der Waals surface area contributed by atoms with Crippen molar-refractivity contribution in [1.29, 1.82) is 0 Å². The molecule has 0 amide bonds. The maximum absolute atomic E-state index is 5.78. The molecule has 2 aromatic rings. The zero-order chi connectivity index (χ0) is 18.4. The maximum Gasteiger partial charge on any atom is 0.150 e. The quantitative estimate of drug-likeness (QED) is 0.420. The van der Waals surface area contributed by atoms with E-state index in [4.69, 9.17) is 4.74 Å². The van der Waals surface area contributed by atoms with Gasteiger partial charge in [-0.15, -0.1) is 0 Å². The molecule has 0 spiro atoms. The van der Waals surface area contributed by atoms with E-state index in [2.05, 4.69) is 89.6 Å². The van der Waals surface area contributed by atoms with Crippen molar-refractivity contribution in [3.05, 3.63) is 54.6 Å². The lowest BCUT2D eigenvalue weighted by Crippen LogP contribution is -2.43. The van der Waals surface area contributed by atoms with E-state index in [1.165, 1.54) is 11.1 Å². The molecule has 0 saturated carbocycles. The SMILES string of the molecule is CC(C)[Si](C#COc1ccc(-c2ccccc2)cc1)(C(C)C)C(C)C. The predicted molar refractivity (Wildman–Crippen MR) is 111 cm³/mol. The van der Waals surface area contributed by atoms with Gasteiger partial charge in [0, 0.05) is 0 Å². The molecule has 2 aromatic carbocycles. The van der Waals surface area contributed by atoms with Crippen molar-refractivity contribution in [3.8, 4) is 28.5 Å². The highest BCUT2D eigenvalue weighted by atomic mass is 28.3. The second-order valence-corrected chi connectivity index (χ2v) is 13.2. The number of hydrogen-bond acceptors (Lipinski definition) is 1. The molecule has 0 aliphatic heterocycles. The van der Waals surface area contributed by atoms with Crippen LogP contribution in [0, 0.1) is 11.7 Å². The van der Waals surface area contributed by atoms with Crippen LogP contribution in [0.2, 0.25) is 16.6 Å². The molecule has 2 rings (SSSR count). The monoisotopic (exact) mass is 350 g/mol. The Balaban J connectivity index is 2.17. The Morgan fingerprint density at radius 2 is 1.16 bits per heavy atom. The van der Waals surface area contributed by atoms with E-state index < -0.39 is 8.07 Å². The van der Waals surface area contributed by atoms with Crippen molar-refractivity contribution >= 4 is 8.07 Å². The molecular weight excluding hydrogens is 320 g/mol. The number of rotatable bonds is 5. The van der Waals surface area contributed by atoms with E-state index in [0.717, 1.165) is 5.75 Å². The minimum Gasteiger partial charge on any atom is -0.408 e. The topological polar surface area (TPSA) is 9.23 Å². The highest BCUT2D eigenvalue weighted by molar-refractivity contribution is 6.90. The molecule has 0 aliphatic carbocycles. The van der Waals surface area contributed by atoms with Crippen molar-refractivity contribution in [2.45, 2.75) is 58.2 Å². The van der Waals surface area contributed by atoms with E-state index in [-0.39, 0.29) is 0 Å². The van der Waals surface area contributed by atoms with Crippen LogP contribution >= 0.6 is 0 Å². The lowest BCUT2D eigenvalue weighted by Gasteiger charge is -2.37. The molecule has 25 heavy (non-hydrogen) atoms. The van der Waals surface area contributed by atoms with E-state index in [1.807, 2.05) is 18.2 Å². The first-order chi connectivity index (χ1) is 11.9. The van der Waals surface area contributed by atoms with Crippen LogP contribution in [-0.4, -0.2) is 8.07 Å². The van der Waals surface area contributed by atoms with Gasteiger partial charge in [0.1, 0.15) is 11.9 Å². The van der Waals surface area contributed by atoms with Crippen LogP contribution in [0.15, 0.2) is 54.6 Å². The highest BCUT2D eigenvalue weighted by Crippen LogP contribution is 2.40. The van der Waals surface area contributed by atoms with E-state index in [9.17, 15) is 0 Å². The predicted octanol–water partition coefficient (Wildman–Crippen LogP) is 6.91. The normalized spacial score (nSPS) is 11.6. The van der Waals surface area contributed by atoms with Gasteiger partial charge >= 0.3 is 0 Å². The first-order valence-corrected chi connectivity index (χ1v) is 11.5. The van der Waals surface area contributed by atoms with Crippen molar-refractivity contribution in [2.75, 3.05) is 0 Å². The van der Waals surface area contributed by atoms with Crippen LogP contribution in [0.25, 0.3) is 11.1 Å². The average Bonchev–Trinajstić information content (AvgIpc) is 2.59. The first-order valence-electron chi connectivity index (χ1n) is 9.22. The minimum absolute atomic E-state index is 0.615. The summed E-state index contributed by atoms with van der Waals surface area (Å²) in [5, 5.41) is 0. The maximum atomic E-state index is 5.78. The van der Waals surface area contributed by atoms with E-state index in [1.54, 1.807) is 0 Å². The highest BCUT2D eigenvalue weighted by Gasteiger charge is 2.42. The summed E-state index contributed by atoms with van der Waals surface area (Å²) in [5.41, 5.74) is 7.84. The second-order valence-electron chi connectivity index (χ2n) is 7.62. The molecule has 0 aliphatic rings.